The molecule has 0 aromatic heterocycles. The maximum absolute atomic E-state index is 12.3. The summed E-state index contributed by atoms with van der Waals surface area (Å²) < 4.78 is 6.16. The van der Waals surface area contributed by atoms with Crippen molar-refractivity contribution in [3.8, 4) is 5.75 Å². The fourth-order valence-electron chi connectivity index (χ4n) is 3.51. The van der Waals surface area contributed by atoms with Crippen LogP contribution in [0.4, 0.5) is 0 Å². The van der Waals surface area contributed by atoms with E-state index < -0.39 is 0 Å². The molecular weight excluding hydrogens is 430 g/mol. The van der Waals surface area contributed by atoms with Crippen molar-refractivity contribution in [3.63, 3.8) is 0 Å². The van der Waals surface area contributed by atoms with E-state index in [1.165, 1.54) is 5.56 Å². The summed E-state index contributed by atoms with van der Waals surface area (Å²) in [6.07, 6.45) is 1.18. The van der Waals surface area contributed by atoms with Gasteiger partial charge in [-0.05, 0) is 58.2 Å². The Morgan fingerprint density at radius 3 is 2.55 bits per heavy atom. The van der Waals surface area contributed by atoms with Gasteiger partial charge in [0.05, 0.1) is 11.6 Å². The minimum Gasteiger partial charge on any atom is -0.496 e. The monoisotopic (exact) mass is 459 g/mol. The number of aryl methyl sites for hydroxylation is 1. The maximum Gasteiger partial charge on any atom is 0.220 e. The summed E-state index contributed by atoms with van der Waals surface area (Å²) in [6.45, 7) is 6.02. The van der Waals surface area contributed by atoms with Crippen molar-refractivity contribution in [2.45, 2.75) is 25.9 Å². The Bertz CT molecular complexity index is 820. The number of nitrogens with zero attached hydrogens (tertiary/aromatic N) is 2. The van der Waals surface area contributed by atoms with Crippen LogP contribution in [0.1, 0.15) is 23.1 Å². The zero-order valence-corrected chi connectivity index (χ0v) is 18.9. The van der Waals surface area contributed by atoms with E-state index in [0.717, 1.165) is 54.1 Å². The minimum atomic E-state index is 0.0708. The molecule has 156 valence electrons. The van der Waals surface area contributed by atoms with Crippen molar-refractivity contribution in [1.82, 2.24) is 15.1 Å². The number of likely N-dealkylation sites (N-methyl/N-ethyl adjacent to an activating group) is 1. The van der Waals surface area contributed by atoms with Gasteiger partial charge >= 0.3 is 0 Å². The van der Waals surface area contributed by atoms with E-state index in [4.69, 9.17) is 4.74 Å². The van der Waals surface area contributed by atoms with E-state index in [-0.39, 0.29) is 5.91 Å². The number of nitrogens with one attached hydrogen (secondary N) is 1. The van der Waals surface area contributed by atoms with Crippen molar-refractivity contribution in [2.75, 3.05) is 40.3 Å². The number of hydrogen-bond donors (Lipinski definition) is 1. The molecule has 0 radical (unpaired) electrons. The normalized spacial score (nSPS) is 15.3. The SMILES string of the molecule is COc1ccc(CCC(=O)NCc2cccc(CN3CCN(C)CC3)c2)cc1Br. The minimum absolute atomic E-state index is 0.0708. The van der Waals surface area contributed by atoms with Crippen LogP contribution in [0, 0.1) is 0 Å². The Morgan fingerprint density at radius 1 is 1.07 bits per heavy atom. The van der Waals surface area contributed by atoms with Crippen molar-refractivity contribution < 1.29 is 9.53 Å². The van der Waals surface area contributed by atoms with Gasteiger partial charge in [-0.2, -0.15) is 0 Å². The molecule has 0 spiro atoms. The molecule has 1 heterocycles. The van der Waals surface area contributed by atoms with Crippen LogP contribution < -0.4 is 10.1 Å². The highest BCUT2D eigenvalue weighted by molar-refractivity contribution is 9.10. The van der Waals surface area contributed by atoms with Crippen molar-refractivity contribution in [2.24, 2.45) is 0 Å². The Morgan fingerprint density at radius 2 is 1.83 bits per heavy atom. The summed E-state index contributed by atoms with van der Waals surface area (Å²) in [5, 5.41) is 3.05. The summed E-state index contributed by atoms with van der Waals surface area (Å²) in [6, 6.07) is 14.5. The van der Waals surface area contributed by atoms with Crippen LogP contribution in [-0.4, -0.2) is 56.0 Å². The molecule has 5 nitrogen and oxygen atoms in total. The van der Waals surface area contributed by atoms with Gasteiger partial charge in [0.1, 0.15) is 5.75 Å². The van der Waals surface area contributed by atoms with Gasteiger partial charge in [-0.1, -0.05) is 30.3 Å². The lowest BCUT2D eigenvalue weighted by molar-refractivity contribution is -0.121. The number of methoxy groups -OCH3 is 1. The van der Waals surface area contributed by atoms with Crippen molar-refractivity contribution in [3.05, 3.63) is 63.6 Å². The van der Waals surface area contributed by atoms with Crippen LogP contribution in [0.2, 0.25) is 0 Å². The van der Waals surface area contributed by atoms with Gasteiger partial charge in [-0.25, -0.2) is 0 Å². The summed E-state index contributed by atoms with van der Waals surface area (Å²) in [7, 11) is 3.82. The van der Waals surface area contributed by atoms with Crippen LogP contribution in [0.15, 0.2) is 46.9 Å². The lowest BCUT2D eigenvalue weighted by Crippen LogP contribution is -2.43. The quantitative estimate of drug-likeness (QED) is 0.656. The smallest absolute Gasteiger partial charge is 0.220 e. The fraction of sp³-hybridized carbons (Fsp3) is 0.435. The summed E-state index contributed by atoms with van der Waals surface area (Å²) >= 11 is 3.49. The first-order chi connectivity index (χ1) is 14.0. The highest BCUT2D eigenvalue weighted by Gasteiger charge is 2.14. The fourth-order valence-corrected chi connectivity index (χ4v) is 4.10. The van der Waals surface area contributed by atoms with Gasteiger partial charge in [-0.3, -0.25) is 9.69 Å². The highest BCUT2D eigenvalue weighted by atomic mass is 79.9. The molecule has 2 aromatic carbocycles. The number of hydrogen-bond acceptors (Lipinski definition) is 4. The highest BCUT2D eigenvalue weighted by Crippen LogP contribution is 2.25. The number of amides is 1. The largest absolute Gasteiger partial charge is 0.496 e. The summed E-state index contributed by atoms with van der Waals surface area (Å²) in [4.78, 5) is 17.1. The summed E-state index contributed by atoms with van der Waals surface area (Å²) in [5.74, 6) is 0.871. The molecule has 29 heavy (non-hydrogen) atoms. The van der Waals surface area contributed by atoms with Crippen LogP contribution >= 0.6 is 15.9 Å². The van der Waals surface area contributed by atoms with E-state index >= 15 is 0 Å². The molecule has 1 N–H and O–H groups in total. The third-order valence-electron chi connectivity index (χ3n) is 5.34. The first kappa shape index (κ1) is 21.8. The van der Waals surface area contributed by atoms with Gasteiger partial charge < -0.3 is 15.0 Å². The molecule has 0 bridgehead atoms. The molecular formula is C23H30BrN3O2. The number of benzene rings is 2. The van der Waals surface area contributed by atoms with E-state index in [1.807, 2.05) is 18.2 Å². The van der Waals surface area contributed by atoms with E-state index in [2.05, 4.69) is 62.4 Å². The number of halogens is 1. The molecule has 0 unspecified atom stereocenters. The lowest BCUT2D eigenvalue weighted by Gasteiger charge is -2.32. The Kier molecular flexibility index (Phi) is 8.09. The topological polar surface area (TPSA) is 44.8 Å². The van der Waals surface area contributed by atoms with E-state index in [0.29, 0.717) is 19.4 Å². The van der Waals surface area contributed by atoms with Gasteiger partial charge in [-0.15, -0.1) is 0 Å². The molecule has 2 aromatic rings. The van der Waals surface area contributed by atoms with Gasteiger partial charge in [0.2, 0.25) is 5.91 Å². The van der Waals surface area contributed by atoms with Crippen LogP contribution in [0.5, 0.6) is 5.75 Å². The number of ether oxygens (including phenoxy) is 1. The predicted molar refractivity (Wildman–Crippen MR) is 120 cm³/mol. The molecule has 1 amide bonds. The molecule has 1 aliphatic heterocycles. The van der Waals surface area contributed by atoms with Crippen molar-refractivity contribution in [1.29, 1.82) is 0 Å². The van der Waals surface area contributed by atoms with E-state index in [9.17, 15) is 4.79 Å². The van der Waals surface area contributed by atoms with Crippen molar-refractivity contribution >= 4 is 21.8 Å². The Balaban J connectivity index is 1.44. The van der Waals surface area contributed by atoms with Crippen LogP contribution in [0.3, 0.4) is 0 Å². The molecule has 1 fully saturated rings. The Hall–Kier alpha value is -1.89. The molecule has 0 aliphatic carbocycles. The number of carbonyl (C=O) groups is 1. The first-order valence-electron chi connectivity index (χ1n) is 10.1. The molecule has 1 saturated heterocycles. The molecule has 0 saturated carbocycles. The summed E-state index contributed by atoms with van der Waals surface area (Å²) in [5.41, 5.74) is 3.57. The van der Waals surface area contributed by atoms with Gasteiger partial charge in [0.25, 0.3) is 0 Å². The molecule has 6 heteroatoms. The first-order valence-corrected chi connectivity index (χ1v) is 10.9. The second kappa shape index (κ2) is 10.8. The number of piperazine rings is 1. The van der Waals surface area contributed by atoms with E-state index in [1.54, 1.807) is 7.11 Å². The van der Waals surface area contributed by atoms with Gasteiger partial charge in [0, 0.05) is 45.7 Å². The Labute approximate surface area is 182 Å². The third-order valence-corrected chi connectivity index (χ3v) is 5.96. The lowest BCUT2D eigenvalue weighted by atomic mass is 10.1. The van der Waals surface area contributed by atoms with Crippen LogP contribution in [0.25, 0.3) is 0 Å². The second-order valence-corrected chi connectivity index (χ2v) is 8.50. The zero-order valence-electron chi connectivity index (χ0n) is 17.3. The second-order valence-electron chi connectivity index (χ2n) is 7.65. The third kappa shape index (κ3) is 6.84. The zero-order chi connectivity index (χ0) is 20.6. The predicted octanol–water partition coefficient (Wildman–Crippen LogP) is 3.45. The average molecular weight is 460 g/mol. The molecule has 3 rings (SSSR count). The molecule has 1 aliphatic rings. The number of carbonyl (C=O) groups excluding carboxylic acids is 1. The number of rotatable bonds is 8. The maximum atomic E-state index is 12.3. The van der Waals surface area contributed by atoms with Gasteiger partial charge in [0.15, 0.2) is 0 Å². The van der Waals surface area contributed by atoms with Crippen LogP contribution in [-0.2, 0) is 24.3 Å². The average Bonchev–Trinajstić information content (AvgIpc) is 2.73. The standard InChI is InChI=1S/C23H30BrN3O2/c1-26-10-12-27(13-11-26)17-20-5-3-4-19(14-20)16-25-23(28)9-7-18-6-8-22(29-2)21(24)15-18/h3-6,8,14-15H,7,9-13,16-17H2,1-2H3,(H,25,28). The molecule has 0 atom stereocenters.